The van der Waals surface area contributed by atoms with Crippen LogP contribution in [0, 0.1) is 17.8 Å². The zero-order valence-electron chi connectivity index (χ0n) is 11.9. The van der Waals surface area contributed by atoms with E-state index in [-0.39, 0.29) is 18.4 Å². The molecule has 0 aliphatic carbocycles. The summed E-state index contributed by atoms with van der Waals surface area (Å²) >= 11 is 0. The van der Waals surface area contributed by atoms with Gasteiger partial charge in [0, 0.05) is 19.0 Å². The van der Waals surface area contributed by atoms with E-state index in [1.807, 2.05) is 32.8 Å². The zero-order chi connectivity index (χ0) is 14.0. The molecule has 0 saturated carbocycles. The Kier molecular flexibility index (Phi) is 8.67. The maximum absolute atomic E-state index is 11.4. The van der Waals surface area contributed by atoms with Crippen LogP contribution in [0.2, 0.25) is 0 Å². The van der Waals surface area contributed by atoms with Gasteiger partial charge in [0.25, 0.3) is 5.91 Å². The number of carbonyl (C=O) groups is 1. The van der Waals surface area contributed by atoms with Gasteiger partial charge >= 0.3 is 0 Å². The lowest BCUT2D eigenvalue weighted by molar-refractivity contribution is -0.125. The summed E-state index contributed by atoms with van der Waals surface area (Å²) in [5, 5.41) is 6.61. The summed E-state index contributed by atoms with van der Waals surface area (Å²) in [5.74, 6) is 5.63. The maximum atomic E-state index is 11.4. The Morgan fingerprint density at radius 3 is 2.61 bits per heavy atom. The molecule has 1 N–H and O–H groups in total. The van der Waals surface area contributed by atoms with Gasteiger partial charge in [0.05, 0.1) is 0 Å². The quantitative estimate of drug-likeness (QED) is 0.413. The summed E-state index contributed by atoms with van der Waals surface area (Å²) in [4.78, 5) is 18.4. The van der Waals surface area contributed by atoms with Crippen LogP contribution in [0.15, 0.2) is 5.16 Å². The van der Waals surface area contributed by atoms with Crippen LogP contribution in [-0.4, -0.2) is 50.3 Å². The van der Waals surface area contributed by atoms with Gasteiger partial charge in [0.2, 0.25) is 0 Å². The van der Waals surface area contributed by atoms with Crippen molar-refractivity contribution in [3.05, 3.63) is 0 Å². The molecule has 5 heteroatoms. The lowest BCUT2D eigenvalue weighted by Crippen LogP contribution is -2.33. The molecular weight excluding hydrogens is 230 g/mol. The summed E-state index contributed by atoms with van der Waals surface area (Å²) in [7, 11) is 3.90. The monoisotopic (exact) mass is 253 g/mol. The second-order valence-electron chi connectivity index (χ2n) is 4.43. The van der Waals surface area contributed by atoms with E-state index in [0.717, 1.165) is 6.54 Å². The van der Waals surface area contributed by atoms with Gasteiger partial charge in [0.1, 0.15) is 5.71 Å². The fourth-order valence-electron chi connectivity index (χ4n) is 1.03. The standard InChI is InChI=1S/C13H23N3O2/c1-6-7-12(11(2)3)15-18-10-13(17)14-8-9-16(4)5/h11H,8-10H2,1-5H3,(H,14,17)/b15-12+. The minimum absolute atomic E-state index is 0.0744. The normalized spacial score (nSPS) is 11.2. The van der Waals surface area contributed by atoms with E-state index in [1.54, 1.807) is 6.92 Å². The SMILES string of the molecule is CC#C/C(=N\OCC(=O)NCCN(C)C)C(C)C. The topological polar surface area (TPSA) is 53.9 Å². The molecule has 18 heavy (non-hydrogen) atoms. The van der Waals surface area contributed by atoms with E-state index in [4.69, 9.17) is 4.84 Å². The summed E-state index contributed by atoms with van der Waals surface area (Å²) in [5.41, 5.74) is 0.651. The first-order chi connectivity index (χ1) is 8.47. The third-order valence-electron chi connectivity index (χ3n) is 2.04. The number of hydrogen-bond acceptors (Lipinski definition) is 4. The summed E-state index contributed by atoms with van der Waals surface area (Å²) < 4.78 is 0. The van der Waals surface area contributed by atoms with Crippen LogP contribution in [0.1, 0.15) is 20.8 Å². The zero-order valence-corrected chi connectivity index (χ0v) is 11.9. The van der Waals surface area contributed by atoms with Crippen LogP contribution >= 0.6 is 0 Å². The van der Waals surface area contributed by atoms with Gasteiger partial charge in [-0.2, -0.15) is 0 Å². The van der Waals surface area contributed by atoms with E-state index in [9.17, 15) is 4.79 Å². The molecule has 1 amide bonds. The molecule has 5 nitrogen and oxygen atoms in total. The summed E-state index contributed by atoms with van der Waals surface area (Å²) in [6.07, 6.45) is 0. The van der Waals surface area contributed by atoms with E-state index in [2.05, 4.69) is 22.3 Å². The van der Waals surface area contributed by atoms with Crippen molar-refractivity contribution in [2.75, 3.05) is 33.8 Å². The van der Waals surface area contributed by atoms with Crippen LogP contribution in [0.4, 0.5) is 0 Å². The fourth-order valence-corrected chi connectivity index (χ4v) is 1.03. The number of hydrogen-bond donors (Lipinski definition) is 1. The van der Waals surface area contributed by atoms with Crippen molar-refractivity contribution in [2.45, 2.75) is 20.8 Å². The molecule has 0 saturated heterocycles. The Bertz CT molecular complexity index is 338. The highest BCUT2D eigenvalue weighted by Gasteiger charge is 2.04. The van der Waals surface area contributed by atoms with Crippen LogP contribution in [-0.2, 0) is 9.63 Å². The van der Waals surface area contributed by atoms with Crippen molar-refractivity contribution >= 4 is 11.6 Å². The molecule has 0 rings (SSSR count). The summed E-state index contributed by atoms with van der Waals surface area (Å²) in [6.45, 7) is 7.02. The number of likely N-dealkylation sites (N-methyl/N-ethyl adjacent to an activating group) is 1. The Hall–Kier alpha value is -1.54. The van der Waals surface area contributed by atoms with Crippen molar-refractivity contribution < 1.29 is 9.63 Å². The molecule has 0 atom stereocenters. The molecule has 0 radical (unpaired) electrons. The first kappa shape index (κ1) is 16.5. The van der Waals surface area contributed by atoms with E-state index < -0.39 is 0 Å². The number of carbonyl (C=O) groups excluding carboxylic acids is 1. The number of rotatable bonds is 7. The van der Waals surface area contributed by atoms with Gasteiger partial charge in [-0.25, -0.2) is 0 Å². The fraction of sp³-hybridized carbons (Fsp3) is 0.692. The highest BCUT2D eigenvalue weighted by atomic mass is 16.6. The van der Waals surface area contributed by atoms with Crippen LogP contribution in [0.3, 0.4) is 0 Å². The number of amides is 1. The van der Waals surface area contributed by atoms with Gasteiger partial charge in [-0.3, -0.25) is 4.79 Å². The minimum atomic E-state index is -0.173. The number of nitrogens with zero attached hydrogens (tertiary/aromatic N) is 2. The van der Waals surface area contributed by atoms with Gasteiger partial charge < -0.3 is 15.1 Å². The van der Waals surface area contributed by atoms with Crippen LogP contribution in [0.25, 0.3) is 0 Å². The lowest BCUT2D eigenvalue weighted by Gasteiger charge is -2.10. The molecule has 0 aromatic carbocycles. The largest absolute Gasteiger partial charge is 0.385 e. The maximum Gasteiger partial charge on any atom is 0.260 e. The second-order valence-corrected chi connectivity index (χ2v) is 4.43. The van der Waals surface area contributed by atoms with Gasteiger partial charge in [0.15, 0.2) is 6.61 Å². The third kappa shape index (κ3) is 8.59. The van der Waals surface area contributed by atoms with E-state index in [0.29, 0.717) is 12.3 Å². The van der Waals surface area contributed by atoms with E-state index >= 15 is 0 Å². The lowest BCUT2D eigenvalue weighted by atomic mass is 10.1. The van der Waals surface area contributed by atoms with Crippen molar-refractivity contribution in [1.82, 2.24) is 10.2 Å². The molecular formula is C13H23N3O2. The predicted octanol–water partition coefficient (Wildman–Crippen LogP) is 0.716. The number of oxime groups is 1. The Morgan fingerprint density at radius 1 is 1.44 bits per heavy atom. The van der Waals surface area contributed by atoms with Crippen molar-refractivity contribution in [3.8, 4) is 11.8 Å². The molecule has 0 aromatic rings. The third-order valence-corrected chi connectivity index (χ3v) is 2.04. The average Bonchev–Trinajstić information content (AvgIpc) is 2.27. The molecule has 0 aliphatic heterocycles. The number of nitrogens with one attached hydrogen (secondary N) is 1. The molecule has 0 bridgehead atoms. The van der Waals surface area contributed by atoms with E-state index in [1.165, 1.54) is 0 Å². The van der Waals surface area contributed by atoms with Crippen LogP contribution < -0.4 is 5.32 Å². The highest BCUT2D eigenvalue weighted by molar-refractivity contribution is 6.01. The minimum Gasteiger partial charge on any atom is -0.385 e. The van der Waals surface area contributed by atoms with Gasteiger partial charge in [-0.05, 0) is 26.9 Å². The molecule has 0 aliphatic rings. The molecule has 0 fully saturated rings. The van der Waals surface area contributed by atoms with Crippen molar-refractivity contribution in [3.63, 3.8) is 0 Å². The highest BCUT2D eigenvalue weighted by Crippen LogP contribution is 1.96. The average molecular weight is 253 g/mol. The molecule has 102 valence electrons. The molecule has 0 aromatic heterocycles. The smallest absolute Gasteiger partial charge is 0.260 e. The van der Waals surface area contributed by atoms with Crippen molar-refractivity contribution in [2.24, 2.45) is 11.1 Å². The summed E-state index contributed by atoms with van der Waals surface area (Å²) in [6, 6.07) is 0. The Morgan fingerprint density at radius 2 is 2.11 bits per heavy atom. The molecule has 0 unspecified atom stereocenters. The van der Waals surface area contributed by atoms with Crippen molar-refractivity contribution in [1.29, 1.82) is 0 Å². The first-order valence-electron chi connectivity index (χ1n) is 6.01. The Labute approximate surface area is 110 Å². The van der Waals surface area contributed by atoms with Gasteiger partial charge in [-0.1, -0.05) is 24.9 Å². The Balaban J connectivity index is 3.96. The first-order valence-corrected chi connectivity index (χ1v) is 6.01. The second kappa shape index (κ2) is 9.49. The predicted molar refractivity (Wildman–Crippen MR) is 73.2 cm³/mol. The molecule has 0 spiro atoms. The molecule has 0 heterocycles. The van der Waals surface area contributed by atoms with Gasteiger partial charge in [-0.15, -0.1) is 0 Å². The van der Waals surface area contributed by atoms with Crippen LogP contribution in [0.5, 0.6) is 0 Å².